The highest BCUT2D eigenvalue weighted by Crippen LogP contribution is 2.23. The zero-order valence-corrected chi connectivity index (χ0v) is 12.5. The lowest BCUT2D eigenvalue weighted by atomic mass is 10.2. The minimum absolute atomic E-state index is 0.0143. The summed E-state index contributed by atoms with van der Waals surface area (Å²) in [6.45, 7) is 1.34. The molecular formula is C14H18ClN3O3. The average Bonchev–Trinajstić information content (AvgIpc) is 2.80. The molecule has 1 aromatic carbocycles. The number of carbonyl (C=O) groups excluding carboxylic acids is 2. The Balaban J connectivity index is 1.87. The molecule has 0 spiro atoms. The summed E-state index contributed by atoms with van der Waals surface area (Å²) in [6.07, 6.45) is 0.292. The number of anilines is 1. The van der Waals surface area contributed by atoms with Crippen LogP contribution in [0.5, 0.6) is 0 Å². The molecular weight excluding hydrogens is 294 g/mol. The normalized spacial score (nSPS) is 17.9. The molecule has 0 unspecified atom stereocenters. The Kier molecular flexibility index (Phi) is 5.41. The Bertz CT molecular complexity index is 507. The zero-order chi connectivity index (χ0) is 15.2. The molecule has 2 N–H and O–H groups in total. The van der Waals surface area contributed by atoms with Gasteiger partial charge in [0.05, 0.1) is 12.6 Å². The summed E-state index contributed by atoms with van der Waals surface area (Å²) in [7, 11) is 1.57. The lowest BCUT2D eigenvalue weighted by Gasteiger charge is -2.17. The van der Waals surface area contributed by atoms with E-state index in [1.54, 1.807) is 36.3 Å². The molecule has 1 heterocycles. The summed E-state index contributed by atoms with van der Waals surface area (Å²) in [6, 6.07) is 6.58. The number of amides is 3. The molecule has 0 radical (unpaired) electrons. The van der Waals surface area contributed by atoms with Gasteiger partial charge in [-0.3, -0.25) is 4.79 Å². The van der Waals surface area contributed by atoms with Crippen LogP contribution < -0.4 is 15.5 Å². The number of halogens is 1. The van der Waals surface area contributed by atoms with Gasteiger partial charge in [0, 0.05) is 37.3 Å². The van der Waals surface area contributed by atoms with Crippen LogP contribution in [-0.4, -0.2) is 44.8 Å². The molecule has 21 heavy (non-hydrogen) atoms. The maximum Gasteiger partial charge on any atom is 0.315 e. The molecule has 1 fully saturated rings. The number of benzene rings is 1. The summed E-state index contributed by atoms with van der Waals surface area (Å²) in [5, 5.41) is 6.07. The first-order valence-corrected chi connectivity index (χ1v) is 7.07. The quantitative estimate of drug-likeness (QED) is 0.807. The second kappa shape index (κ2) is 7.28. The van der Waals surface area contributed by atoms with Gasteiger partial charge in [-0.05, 0) is 24.3 Å². The van der Waals surface area contributed by atoms with Crippen molar-refractivity contribution in [2.24, 2.45) is 0 Å². The Morgan fingerprint density at radius 2 is 2.14 bits per heavy atom. The third-order valence-corrected chi connectivity index (χ3v) is 3.44. The predicted molar refractivity (Wildman–Crippen MR) is 80.6 cm³/mol. The molecule has 114 valence electrons. The largest absolute Gasteiger partial charge is 0.383 e. The van der Waals surface area contributed by atoms with Crippen LogP contribution in [0.2, 0.25) is 5.02 Å². The SMILES string of the molecule is COCCNC(=O)N[C@@H]1CC(=O)N(c2ccc(Cl)cc2)C1. The van der Waals surface area contributed by atoms with E-state index in [0.29, 0.717) is 31.1 Å². The van der Waals surface area contributed by atoms with Crippen molar-refractivity contribution in [1.29, 1.82) is 0 Å². The molecule has 1 atom stereocenters. The third-order valence-electron chi connectivity index (χ3n) is 3.19. The van der Waals surface area contributed by atoms with Gasteiger partial charge in [0.1, 0.15) is 0 Å². The van der Waals surface area contributed by atoms with Crippen LogP contribution in [0.3, 0.4) is 0 Å². The van der Waals surface area contributed by atoms with Gasteiger partial charge in [-0.15, -0.1) is 0 Å². The van der Waals surface area contributed by atoms with Crippen molar-refractivity contribution in [3.63, 3.8) is 0 Å². The maximum atomic E-state index is 12.0. The molecule has 3 amide bonds. The minimum atomic E-state index is -0.289. The molecule has 1 aliphatic heterocycles. The van der Waals surface area contributed by atoms with E-state index in [0.717, 1.165) is 5.69 Å². The number of ether oxygens (including phenoxy) is 1. The first-order chi connectivity index (χ1) is 10.1. The molecule has 6 nitrogen and oxygen atoms in total. The number of rotatable bonds is 5. The van der Waals surface area contributed by atoms with Gasteiger partial charge >= 0.3 is 6.03 Å². The highest BCUT2D eigenvalue weighted by molar-refractivity contribution is 6.30. The summed E-state index contributed by atoms with van der Waals surface area (Å²) >= 11 is 5.83. The monoisotopic (exact) mass is 311 g/mol. The fraction of sp³-hybridized carbons (Fsp3) is 0.429. The van der Waals surface area contributed by atoms with Gasteiger partial charge in [0.25, 0.3) is 0 Å². The topological polar surface area (TPSA) is 70.7 Å². The third kappa shape index (κ3) is 4.34. The Morgan fingerprint density at radius 3 is 2.81 bits per heavy atom. The first kappa shape index (κ1) is 15.6. The molecule has 1 saturated heterocycles. The van der Waals surface area contributed by atoms with Crippen molar-refractivity contribution in [2.45, 2.75) is 12.5 Å². The van der Waals surface area contributed by atoms with Crippen LogP contribution in [0.1, 0.15) is 6.42 Å². The van der Waals surface area contributed by atoms with Gasteiger partial charge < -0.3 is 20.3 Å². The van der Waals surface area contributed by atoms with Crippen molar-refractivity contribution >= 4 is 29.2 Å². The number of urea groups is 1. The number of nitrogens with one attached hydrogen (secondary N) is 2. The van der Waals surface area contributed by atoms with Crippen molar-refractivity contribution in [2.75, 3.05) is 31.7 Å². The van der Waals surface area contributed by atoms with E-state index in [1.807, 2.05) is 0 Å². The highest BCUT2D eigenvalue weighted by Gasteiger charge is 2.31. The first-order valence-electron chi connectivity index (χ1n) is 6.69. The van der Waals surface area contributed by atoms with Gasteiger partial charge in [0.2, 0.25) is 5.91 Å². The van der Waals surface area contributed by atoms with Gasteiger partial charge in [0.15, 0.2) is 0 Å². The highest BCUT2D eigenvalue weighted by atomic mass is 35.5. The minimum Gasteiger partial charge on any atom is -0.383 e. The standard InChI is InChI=1S/C14H18ClN3O3/c1-21-7-6-16-14(20)17-11-8-13(19)18(9-11)12-4-2-10(15)3-5-12/h2-5,11H,6-9H2,1H3,(H2,16,17,20)/t11-/m1/s1. The van der Waals surface area contributed by atoms with Crippen LogP contribution in [0, 0.1) is 0 Å². The molecule has 0 aromatic heterocycles. The molecule has 1 aromatic rings. The lowest BCUT2D eigenvalue weighted by Crippen LogP contribution is -2.44. The second-order valence-corrected chi connectivity index (χ2v) is 5.21. The summed E-state index contributed by atoms with van der Waals surface area (Å²) in [5.74, 6) is -0.0143. The van der Waals surface area contributed by atoms with Crippen molar-refractivity contribution in [3.8, 4) is 0 Å². The van der Waals surface area contributed by atoms with Crippen molar-refractivity contribution < 1.29 is 14.3 Å². The number of methoxy groups -OCH3 is 1. The van der Waals surface area contributed by atoms with E-state index >= 15 is 0 Å². The van der Waals surface area contributed by atoms with Crippen LogP contribution in [-0.2, 0) is 9.53 Å². The number of nitrogens with zero attached hydrogens (tertiary/aromatic N) is 1. The Morgan fingerprint density at radius 1 is 1.43 bits per heavy atom. The zero-order valence-electron chi connectivity index (χ0n) is 11.8. The smallest absolute Gasteiger partial charge is 0.315 e. The Labute approximate surface area is 128 Å². The van der Waals surface area contributed by atoms with E-state index in [9.17, 15) is 9.59 Å². The van der Waals surface area contributed by atoms with Gasteiger partial charge in [-0.2, -0.15) is 0 Å². The molecule has 0 aliphatic carbocycles. The average molecular weight is 312 g/mol. The molecule has 0 bridgehead atoms. The van der Waals surface area contributed by atoms with E-state index in [1.165, 1.54) is 0 Å². The summed E-state index contributed by atoms with van der Waals surface area (Å²) in [4.78, 5) is 25.3. The predicted octanol–water partition coefficient (Wildman–Crippen LogP) is 1.39. The van der Waals surface area contributed by atoms with Crippen molar-refractivity contribution in [1.82, 2.24) is 10.6 Å². The molecule has 1 aliphatic rings. The molecule has 7 heteroatoms. The van der Waals surface area contributed by atoms with E-state index in [2.05, 4.69) is 10.6 Å². The van der Waals surface area contributed by atoms with Crippen LogP contribution >= 0.6 is 11.6 Å². The van der Waals surface area contributed by atoms with Crippen LogP contribution in [0.25, 0.3) is 0 Å². The maximum absolute atomic E-state index is 12.0. The summed E-state index contributed by atoms with van der Waals surface area (Å²) in [5.41, 5.74) is 0.786. The van der Waals surface area contributed by atoms with Gasteiger partial charge in [-0.1, -0.05) is 11.6 Å². The number of hydrogen-bond acceptors (Lipinski definition) is 3. The van der Waals surface area contributed by atoms with Gasteiger partial charge in [-0.25, -0.2) is 4.79 Å². The van der Waals surface area contributed by atoms with Crippen LogP contribution in [0.15, 0.2) is 24.3 Å². The lowest BCUT2D eigenvalue weighted by molar-refractivity contribution is -0.117. The van der Waals surface area contributed by atoms with Crippen molar-refractivity contribution in [3.05, 3.63) is 29.3 Å². The Hall–Kier alpha value is -1.79. The number of hydrogen-bond donors (Lipinski definition) is 2. The number of carbonyl (C=O) groups is 2. The molecule has 0 saturated carbocycles. The summed E-state index contributed by atoms with van der Waals surface area (Å²) < 4.78 is 4.85. The second-order valence-electron chi connectivity index (χ2n) is 4.77. The fourth-order valence-electron chi connectivity index (χ4n) is 2.18. The van der Waals surface area contributed by atoms with E-state index in [4.69, 9.17) is 16.3 Å². The molecule has 2 rings (SSSR count). The van der Waals surface area contributed by atoms with E-state index < -0.39 is 0 Å². The fourth-order valence-corrected chi connectivity index (χ4v) is 2.30. The van der Waals surface area contributed by atoms with Crippen LogP contribution in [0.4, 0.5) is 10.5 Å². The van der Waals surface area contributed by atoms with E-state index in [-0.39, 0.29) is 18.0 Å².